The van der Waals surface area contributed by atoms with Crippen LogP contribution in [0.15, 0.2) is 18.3 Å². The van der Waals surface area contributed by atoms with E-state index in [0.29, 0.717) is 0 Å². The second-order valence-electron chi connectivity index (χ2n) is 8.54. The molecule has 5 nitrogen and oxygen atoms in total. The van der Waals surface area contributed by atoms with Gasteiger partial charge in [0.2, 0.25) is 0 Å². The Hall–Kier alpha value is -1.61. The Morgan fingerprint density at radius 3 is 2.42 bits per heavy atom. The highest BCUT2D eigenvalue weighted by Crippen LogP contribution is 2.21. The molecule has 0 spiro atoms. The number of pyridine rings is 1. The number of aromatic nitrogens is 1. The molecule has 26 heavy (non-hydrogen) atoms. The molecule has 1 aromatic heterocycles. The van der Waals surface area contributed by atoms with Crippen LogP contribution in [0.4, 0.5) is 0 Å². The second-order valence-corrected chi connectivity index (χ2v) is 8.54. The van der Waals surface area contributed by atoms with E-state index in [4.69, 9.17) is 14.3 Å². The highest BCUT2D eigenvalue weighted by atomic mass is 16.7. The van der Waals surface area contributed by atoms with E-state index in [1.54, 1.807) is 6.20 Å². The molecule has 0 saturated carbocycles. The topological polar surface area (TPSA) is 43.8 Å². The van der Waals surface area contributed by atoms with Crippen molar-refractivity contribution in [3.05, 3.63) is 24.0 Å². The van der Waals surface area contributed by atoms with Gasteiger partial charge in [-0.15, -0.1) is 5.06 Å². The Morgan fingerprint density at radius 1 is 1.12 bits per heavy atom. The zero-order chi connectivity index (χ0) is 19.2. The first-order valence-corrected chi connectivity index (χ1v) is 9.30. The molecule has 0 aromatic carbocycles. The third-order valence-electron chi connectivity index (χ3n) is 3.50. The molecule has 0 amide bonds. The van der Waals surface area contributed by atoms with Gasteiger partial charge in [0.25, 0.3) is 0 Å². The van der Waals surface area contributed by atoms with Gasteiger partial charge in [-0.2, -0.15) is 0 Å². The zero-order valence-electron chi connectivity index (χ0n) is 17.0. The van der Waals surface area contributed by atoms with Crippen LogP contribution in [0.5, 0.6) is 5.75 Å². The highest BCUT2D eigenvalue weighted by molar-refractivity contribution is 5.31. The maximum Gasteiger partial charge on any atom is 0.165 e. The summed E-state index contributed by atoms with van der Waals surface area (Å²) < 4.78 is 11.6. The second kappa shape index (κ2) is 8.85. The SMILES string of the molecule is CC(C)(C)OCCCC#Cc1ccc(ON2CC(OC(C)(C)C)C2)cn1. The smallest absolute Gasteiger partial charge is 0.165 e. The summed E-state index contributed by atoms with van der Waals surface area (Å²) in [5.41, 5.74) is 0.559. The maximum absolute atomic E-state index is 5.89. The van der Waals surface area contributed by atoms with Crippen molar-refractivity contribution in [2.45, 2.75) is 71.7 Å². The Balaban J connectivity index is 1.67. The molecule has 0 N–H and O–H groups in total. The van der Waals surface area contributed by atoms with Gasteiger partial charge in [0, 0.05) is 13.0 Å². The molecule has 1 saturated heterocycles. The van der Waals surface area contributed by atoms with Crippen LogP contribution in [-0.2, 0) is 9.47 Å². The van der Waals surface area contributed by atoms with E-state index in [-0.39, 0.29) is 17.3 Å². The average molecular weight is 360 g/mol. The molecule has 0 radical (unpaired) electrons. The maximum atomic E-state index is 5.89. The molecule has 2 rings (SSSR count). The van der Waals surface area contributed by atoms with Gasteiger partial charge < -0.3 is 14.3 Å². The molecule has 0 bridgehead atoms. The molecule has 1 aromatic rings. The summed E-state index contributed by atoms with van der Waals surface area (Å²) in [7, 11) is 0. The number of rotatable bonds is 6. The molecule has 1 aliphatic heterocycles. The number of hydrogen-bond donors (Lipinski definition) is 0. The van der Waals surface area contributed by atoms with Crippen LogP contribution in [0.3, 0.4) is 0 Å². The summed E-state index contributed by atoms with van der Waals surface area (Å²) in [5, 5.41) is 1.88. The highest BCUT2D eigenvalue weighted by Gasteiger charge is 2.32. The van der Waals surface area contributed by atoms with Gasteiger partial charge in [-0.05, 0) is 66.0 Å². The summed E-state index contributed by atoms with van der Waals surface area (Å²) in [4.78, 5) is 10.1. The van der Waals surface area contributed by atoms with E-state index in [2.05, 4.69) is 58.4 Å². The monoisotopic (exact) mass is 360 g/mol. The number of hydrogen-bond acceptors (Lipinski definition) is 5. The molecule has 5 heteroatoms. The van der Waals surface area contributed by atoms with Crippen molar-refractivity contribution < 1.29 is 14.3 Å². The van der Waals surface area contributed by atoms with Crippen molar-refractivity contribution >= 4 is 0 Å². The van der Waals surface area contributed by atoms with E-state index in [1.807, 2.05) is 17.2 Å². The van der Waals surface area contributed by atoms with E-state index >= 15 is 0 Å². The lowest BCUT2D eigenvalue weighted by atomic mass is 10.1. The van der Waals surface area contributed by atoms with E-state index in [1.165, 1.54) is 0 Å². The van der Waals surface area contributed by atoms with Gasteiger partial charge in [0.05, 0.1) is 36.6 Å². The molecule has 1 aliphatic rings. The number of ether oxygens (including phenoxy) is 2. The van der Waals surface area contributed by atoms with E-state index < -0.39 is 0 Å². The number of hydroxylamine groups is 2. The van der Waals surface area contributed by atoms with Crippen molar-refractivity contribution in [3.63, 3.8) is 0 Å². The summed E-state index contributed by atoms with van der Waals surface area (Å²) in [6.07, 6.45) is 3.68. The minimum Gasteiger partial charge on any atom is -0.404 e. The largest absolute Gasteiger partial charge is 0.404 e. The zero-order valence-corrected chi connectivity index (χ0v) is 17.0. The van der Waals surface area contributed by atoms with Crippen molar-refractivity contribution in [1.82, 2.24) is 10.0 Å². The fourth-order valence-corrected chi connectivity index (χ4v) is 2.40. The Morgan fingerprint density at radius 2 is 1.85 bits per heavy atom. The lowest BCUT2D eigenvalue weighted by Gasteiger charge is -2.40. The first kappa shape index (κ1) is 20.7. The standard InChI is InChI=1S/C21H32N2O3/c1-20(2,3)24-13-9-7-8-10-17-11-12-18(14-22-17)26-23-15-19(16-23)25-21(4,5)6/h11-12,14,19H,7,9,13,15-16H2,1-6H3. The Labute approximate surface area is 158 Å². The van der Waals surface area contributed by atoms with Crippen LogP contribution in [-0.4, -0.2) is 47.0 Å². The van der Waals surface area contributed by atoms with Gasteiger partial charge in [-0.1, -0.05) is 5.92 Å². The summed E-state index contributed by atoms with van der Waals surface area (Å²) >= 11 is 0. The Bertz CT molecular complexity index is 612. The third kappa shape index (κ3) is 8.18. The predicted molar refractivity (Wildman–Crippen MR) is 103 cm³/mol. The normalized spacial score (nSPS) is 15.9. The predicted octanol–water partition coefficient (Wildman–Crippen LogP) is 3.82. The molecular weight excluding hydrogens is 328 g/mol. The number of nitrogens with zero attached hydrogens (tertiary/aromatic N) is 2. The van der Waals surface area contributed by atoms with E-state index in [9.17, 15) is 0 Å². The van der Waals surface area contributed by atoms with Crippen LogP contribution < -0.4 is 4.84 Å². The molecule has 144 valence electrons. The fraction of sp³-hybridized carbons (Fsp3) is 0.667. The lowest BCUT2D eigenvalue weighted by molar-refractivity contribution is -0.210. The van der Waals surface area contributed by atoms with Gasteiger partial charge >= 0.3 is 0 Å². The third-order valence-corrected chi connectivity index (χ3v) is 3.50. The molecule has 0 atom stereocenters. The minimum atomic E-state index is -0.114. The van der Waals surface area contributed by atoms with Gasteiger partial charge in [0.15, 0.2) is 5.75 Å². The van der Waals surface area contributed by atoms with Gasteiger partial charge in [-0.3, -0.25) is 0 Å². The van der Waals surface area contributed by atoms with Crippen LogP contribution >= 0.6 is 0 Å². The molecule has 0 aliphatic carbocycles. The van der Waals surface area contributed by atoms with Crippen LogP contribution in [0, 0.1) is 11.8 Å². The first-order chi connectivity index (χ1) is 12.1. The quantitative estimate of drug-likeness (QED) is 0.570. The van der Waals surface area contributed by atoms with Crippen LogP contribution in [0.25, 0.3) is 0 Å². The van der Waals surface area contributed by atoms with Gasteiger partial charge in [-0.25, -0.2) is 4.98 Å². The molecule has 2 heterocycles. The Kier molecular flexibility index (Phi) is 7.05. The fourth-order valence-electron chi connectivity index (χ4n) is 2.40. The summed E-state index contributed by atoms with van der Waals surface area (Å²) in [6.45, 7) is 14.7. The first-order valence-electron chi connectivity index (χ1n) is 9.30. The number of unbranched alkanes of at least 4 members (excludes halogenated alkanes) is 1. The summed E-state index contributed by atoms with van der Waals surface area (Å²) in [5.74, 6) is 6.94. The van der Waals surface area contributed by atoms with E-state index in [0.717, 1.165) is 44.0 Å². The molecule has 1 fully saturated rings. The molecular formula is C21H32N2O3. The van der Waals surface area contributed by atoms with Crippen molar-refractivity contribution in [3.8, 4) is 17.6 Å². The van der Waals surface area contributed by atoms with Crippen LogP contribution in [0.2, 0.25) is 0 Å². The summed E-state index contributed by atoms with van der Waals surface area (Å²) in [6, 6.07) is 3.79. The van der Waals surface area contributed by atoms with Crippen molar-refractivity contribution in [1.29, 1.82) is 0 Å². The van der Waals surface area contributed by atoms with Crippen molar-refractivity contribution in [2.75, 3.05) is 19.7 Å². The van der Waals surface area contributed by atoms with Gasteiger partial charge in [0.1, 0.15) is 5.69 Å². The lowest BCUT2D eigenvalue weighted by Crippen LogP contribution is -2.55. The average Bonchev–Trinajstić information content (AvgIpc) is 2.48. The minimum absolute atomic E-state index is 0.0832. The van der Waals surface area contributed by atoms with Crippen molar-refractivity contribution in [2.24, 2.45) is 0 Å². The molecule has 0 unspecified atom stereocenters. The van der Waals surface area contributed by atoms with Crippen LogP contribution in [0.1, 0.15) is 60.1 Å².